The highest BCUT2D eigenvalue weighted by Crippen LogP contribution is 2.21. The first kappa shape index (κ1) is 11.0. The predicted molar refractivity (Wildman–Crippen MR) is 64.7 cm³/mol. The first-order valence-corrected chi connectivity index (χ1v) is 5.53. The molecule has 0 aliphatic heterocycles. The Labute approximate surface area is 95.0 Å². The molecule has 1 aromatic carbocycles. The maximum absolute atomic E-state index is 5.58. The lowest BCUT2D eigenvalue weighted by atomic mass is 10.3. The first-order chi connectivity index (χ1) is 7.80. The number of methoxy groups -OCH3 is 1. The molecule has 4 heteroatoms. The van der Waals surface area contributed by atoms with Crippen molar-refractivity contribution in [3.05, 3.63) is 24.0 Å². The first-order valence-electron chi connectivity index (χ1n) is 5.53. The minimum absolute atomic E-state index is 0.625. The number of hydrogen-bond donors (Lipinski definition) is 1. The Hall–Kier alpha value is -1.55. The fraction of sp³-hybridized carbons (Fsp3) is 0.417. The molecule has 16 heavy (non-hydrogen) atoms. The third-order valence-corrected chi connectivity index (χ3v) is 2.72. The summed E-state index contributed by atoms with van der Waals surface area (Å²) in [5.41, 5.74) is 7.71. The third kappa shape index (κ3) is 1.76. The van der Waals surface area contributed by atoms with Crippen LogP contribution in [0, 0.1) is 0 Å². The molecule has 0 radical (unpaired) electrons. The van der Waals surface area contributed by atoms with Gasteiger partial charge in [0, 0.05) is 19.0 Å². The molecule has 0 amide bonds. The number of rotatable bonds is 4. The molecule has 1 heterocycles. The normalized spacial score (nSPS) is 10.9. The van der Waals surface area contributed by atoms with Gasteiger partial charge in [0.25, 0.3) is 0 Å². The van der Waals surface area contributed by atoms with E-state index in [1.165, 1.54) is 0 Å². The number of nitrogens with zero attached hydrogens (tertiary/aromatic N) is 2. The summed E-state index contributed by atoms with van der Waals surface area (Å²) in [6, 6.07) is 5.97. The monoisotopic (exact) mass is 219 g/mol. The average molecular weight is 219 g/mol. The Balaban J connectivity index is 2.57. The van der Waals surface area contributed by atoms with Gasteiger partial charge < -0.3 is 15.0 Å². The molecule has 0 spiro atoms. The molecule has 0 unspecified atom stereocenters. The highest BCUT2D eigenvalue weighted by molar-refractivity contribution is 5.77. The van der Waals surface area contributed by atoms with Crippen molar-refractivity contribution in [1.82, 2.24) is 9.55 Å². The maximum Gasteiger partial charge on any atom is 0.121 e. The Morgan fingerprint density at radius 1 is 1.44 bits per heavy atom. The van der Waals surface area contributed by atoms with E-state index in [1.54, 1.807) is 7.11 Å². The minimum atomic E-state index is 0.625. The lowest BCUT2D eigenvalue weighted by Crippen LogP contribution is -2.09. The minimum Gasteiger partial charge on any atom is -0.497 e. The summed E-state index contributed by atoms with van der Waals surface area (Å²) in [6.07, 6.45) is 0.810. The SMILES string of the molecule is CCn1c(CCN)nc2cc(OC)ccc21. The van der Waals surface area contributed by atoms with Gasteiger partial charge in [0.05, 0.1) is 18.1 Å². The standard InChI is InChI=1S/C12H17N3O/c1-3-15-11-5-4-9(16-2)8-10(11)14-12(15)6-7-13/h4-5,8H,3,6-7,13H2,1-2H3. The van der Waals surface area contributed by atoms with Crippen molar-refractivity contribution in [2.24, 2.45) is 5.73 Å². The largest absolute Gasteiger partial charge is 0.497 e. The van der Waals surface area contributed by atoms with Crippen LogP contribution in [0.3, 0.4) is 0 Å². The Morgan fingerprint density at radius 3 is 2.88 bits per heavy atom. The second-order valence-electron chi connectivity index (χ2n) is 3.67. The van der Waals surface area contributed by atoms with Gasteiger partial charge in [-0.3, -0.25) is 0 Å². The van der Waals surface area contributed by atoms with Crippen molar-refractivity contribution in [2.45, 2.75) is 19.9 Å². The molecular formula is C12H17N3O. The molecule has 0 bridgehead atoms. The zero-order chi connectivity index (χ0) is 11.5. The zero-order valence-electron chi connectivity index (χ0n) is 9.73. The molecule has 0 saturated heterocycles. The second kappa shape index (κ2) is 4.53. The third-order valence-electron chi connectivity index (χ3n) is 2.72. The van der Waals surface area contributed by atoms with Crippen molar-refractivity contribution in [3.8, 4) is 5.75 Å². The number of hydrogen-bond acceptors (Lipinski definition) is 3. The molecule has 0 aliphatic carbocycles. The summed E-state index contributed by atoms with van der Waals surface area (Å²) in [7, 11) is 1.67. The molecule has 2 aromatic rings. The number of nitrogens with two attached hydrogens (primary N) is 1. The van der Waals surface area contributed by atoms with Crippen LogP contribution < -0.4 is 10.5 Å². The lowest BCUT2D eigenvalue weighted by Gasteiger charge is -2.04. The van der Waals surface area contributed by atoms with Gasteiger partial charge in [0.15, 0.2) is 0 Å². The van der Waals surface area contributed by atoms with Crippen LogP contribution in [0.5, 0.6) is 5.75 Å². The number of ether oxygens (including phenoxy) is 1. The molecule has 2 N–H and O–H groups in total. The highest BCUT2D eigenvalue weighted by atomic mass is 16.5. The van der Waals surface area contributed by atoms with E-state index < -0.39 is 0 Å². The number of aryl methyl sites for hydroxylation is 1. The van der Waals surface area contributed by atoms with E-state index in [4.69, 9.17) is 10.5 Å². The van der Waals surface area contributed by atoms with Crippen LogP contribution in [0.1, 0.15) is 12.7 Å². The average Bonchev–Trinajstić information content (AvgIpc) is 2.65. The zero-order valence-corrected chi connectivity index (χ0v) is 9.73. The number of aromatic nitrogens is 2. The van der Waals surface area contributed by atoms with Crippen molar-refractivity contribution in [1.29, 1.82) is 0 Å². The van der Waals surface area contributed by atoms with E-state index in [0.717, 1.165) is 35.6 Å². The van der Waals surface area contributed by atoms with E-state index in [0.29, 0.717) is 6.54 Å². The van der Waals surface area contributed by atoms with Crippen LogP contribution in [0.25, 0.3) is 11.0 Å². The quantitative estimate of drug-likeness (QED) is 0.849. The van der Waals surface area contributed by atoms with Gasteiger partial charge in [-0.1, -0.05) is 0 Å². The van der Waals surface area contributed by atoms with Gasteiger partial charge in [-0.15, -0.1) is 0 Å². The van der Waals surface area contributed by atoms with Crippen LogP contribution in [0.15, 0.2) is 18.2 Å². The number of imidazole rings is 1. The van der Waals surface area contributed by atoms with E-state index in [9.17, 15) is 0 Å². The smallest absolute Gasteiger partial charge is 0.121 e. The van der Waals surface area contributed by atoms with Crippen LogP contribution in [0.2, 0.25) is 0 Å². The molecular weight excluding hydrogens is 202 g/mol. The summed E-state index contributed by atoms with van der Waals surface area (Å²) in [4.78, 5) is 4.58. The summed E-state index contributed by atoms with van der Waals surface area (Å²) in [5, 5.41) is 0. The van der Waals surface area contributed by atoms with E-state index in [2.05, 4.69) is 16.5 Å². The van der Waals surface area contributed by atoms with Gasteiger partial charge in [0.2, 0.25) is 0 Å². The fourth-order valence-electron chi connectivity index (χ4n) is 1.96. The summed E-state index contributed by atoms with van der Waals surface area (Å²) in [5.74, 6) is 1.89. The van der Waals surface area contributed by atoms with Crippen molar-refractivity contribution >= 4 is 11.0 Å². The number of fused-ring (bicyclic) bond motifs is 1. The van der Waals surface area contributed by atoms with Gasteiger partial charge in [-0.05, 0) is 25.6 Å². The Kier molecular flexibility index (Phi) is 3.10. The van der Waals surface area contributed by atoms with E-state index in [1.807, 2.05) is 18.2 Å². The van der Waals surface area contributed by atoms with Gasteiger partial charge in [-0.25, -0.2) is 4.98 Å². The van der Waals surface area contributed by atoms with Crippen LogP contribution in [-0.2, 0) is 13.0 Å². The fourth-order valence-corrected chi connectivity index (χ4v) is 1.96. The Morgan fingerprint density at radius 2 is 2.25 bits per heavy atom. The van der Waals surface area contributed by atoms with Crippen LogP contribution >= 0.6 is 0 Å². The summed E-state index contributed by atoms with van der Waals surface area (Å²) in [6.45, 7) is 3.66. The van der Waals surface area contributed by atoms with E-state index >= 15 is 0 Å². The van der Waals surface area contributed by atoms with Crippen LogP contribution in [-0.4, -0.2) is 23.2 Å². The van der Waals surface area contributed by atoms with Crippen LogP contribution in [0.4, 0.5) is 0 Å². The molecule has 0 aliphatic rings. The highest BCUT2D eigenvalue weighted by Gasteiger charge is 2.09. The van der Waals surface area contributed by atoms with Crippen molar-refractivity contribution in [2.75, 3.05) is 13.7 Å². The molecule has 1 aromatic heterocycles. The van der Waals surface area contributed by atoms with E-state index in [-0.39, 0.29) is 0 Å². The summed E-state index contributed by atoms with van der Waals surface area (Å²) >= 11 is 0. The molecule has 0 saturated carbocycles. The van der Waals surface area contributed by atoms with Gasteiger partial charge >= 0.3 is 0 Å². The molecule has 0 fully saturated rings. The number of benzene rings is 1. The lowest BCUT2D eigenvalue weighted by molar-refractivity contribution is 0.415. The Bertz CT molecular complexity index is 490. The maximum atomic E-state index is 5.58. The topological polar surface area (TPSA) is 53.1 Å². The molecule has 86 valence electrons. The molecule has 2 rings (SSSR count). The second-order valence-corrected chi connectivity index (χ2v) is 3.67. The predicted octanol–water partition coefficient (Wildman–Crippen LogP) is 1.57. The molecule has 4 nitrogen and oxygen atoms in total. The van der Waals surface area contributed by atoms with Crippen molar-refractivity contribution < 1.29 is 4.74 Å². The summed E-state index contributed by atoms with van der Waals surface area (Å²) < 4.78 is 7.39. The van der Waals surface area contributed by atoms with Gasteiger partial charge in [0.1, 0.15) is 11.6 Å². The van der Waals surface area contributed by atoms with Crippen molar-refractivity contribution in [3.63, 3.8) is 0 Å². The van der Waals surface area contributed by atoms with Gasteiger partial charge in [-0.2, -0.15) is 0 Å². The molecule has 0 atom stereocenters.